The number of fused-ring (bicyclic) bond motifs is 3. The number of rotatable bonds is 3. The van der Waals surface area contributed by atoms with E-state index in [1.54, 1.807) is 24.3 Å². The third kappa shape index (κ3) is 4.25. The Kier molecular flexibility index (Phi) is 3.81. The van der Waals surface area contributed by atoms with Gasteiger partial charge < -0.3 is 4.42 Å². The summed E-state index contributed by atoms with van der Waals surface area (Å²) in [4.78, 5) is 4.57. The van der Waals surface area contributed by atoms with Crippen molar-refractivity contribution < 1.29 is 18.1 Å². The first-order valence-electron chi connectivity index (χ1n) is 18.2. The maximum Gasteiger partial charge on any atom is 0.144 e. The minimum absolute atomic E-state index is 0.0199. The van der Waals surface area contributed by atoms with Crippen molar-refractivity contribution in [3.63, 3.8) is 0 Å². The van der Waals surface area contributed by atoms with Crippen LogP contribution in [0.1, 0.15) is 92.5 Å². The Balaban J connectivity index is 1.57. The number of aryl methyl sites for hydroxylation is 5. The minimum Gasteiger partial charge on any atom is -0.455 e. The zero-order valence-corrected chi connectivity index (χ0v) is 22.4. The number of pyridine rings is 1. The van der Waals surface area contributed by atoms with Crippen molar-refractivity contribution in [1.29, 1.82) is 0 Å². The quantitative estimate of drug-likeness (QED) is 0.241. The first kappa shape index (κ1) is 15.9. The van der Waals surface area contributed by atoms with Gasteiger partial charge in [-0.3, -0.25) is 4.98 Å². The van der Waals surface area contributed by atoms with E-state index in [1.807, 2.05) is 32.0 Å². The summed E-state index contributed by atoms with van der Waals surface area (Å²) in [7, 11) is 0. The normalized spacial score (nSPS) is 21.7. The van der Waals surface area contributed by atoms with E-state index in [4.69, 9.17) is 16.8 Å². The van der Waals surface area contributed by atoms with Gasteiger partial charge in [-0.2, -0.15) is 0 Å². The molecule has 6 rings (SSSR count). The minimum atomic E-state index is -2.55. The second-order valence-electron chi connectivity index (χ2n) is 11.5. The Bertz CT molecular complexity index is 2050. The van der Waals surface area contributed by atoms with Crippen molar-refractivity contribution in [2.24, 2.45) is 5.41 Å². The van der Waals surface area contributed by atoms with Crippen LogP contribution in [-0.4, -0.2) is 4.98 Å². The summed E-state index contributed by atoms with van der Waals surface area (Å²) < 4.78 is 89.8. The predicted octanol–water partition coefficient (Wildman–Crippen LogP) is 10.5. The van der Waals surface area contributed by atoms with Crippen LogP contribution >= 0.6 is 0 Å². The summed E-state index contributed by atoms with van der Waals surface area (Å²) in [6.07, 6.45) is 4.00. The maximum atomic E-state index is 9.41. The van der Waals surface area contributed by atoms with Crippen LogP contribution in [0.2, 0.25) is 0 Å². The van der Waals surface area contributed by atoms with Gasteiger partial charge in [-0.25, -0.2) is 0 Å². The highest BCUT2D eigenvalue weighted by Gasteiger charge is 2.28. The fourth-order valence-electron chi connectivity index (χ4n) is 5.95. The van der Waals surface area contributed by atoms with Crippen molar-refractivity contribution in [2.75, 3.05) is 0 Å². The van der Waals surface area contributed by atoms with Crippen LogP contribution in [-0.2, 0) is 0 Å². The number of para-hydroxylation sites is 1. The average molecular weight is 512 g/mol. The van der Waals surface area contributed by atoms with Crippen molar-refractivity contribution in [3.8, 4) is 22.4 Å². The van der Waals surface area contributed by atoms with Gasteiger partial charge in [0.25, 0.3) is 0 Å². The SMILES string of the molecule is [2H]C([2H])([2H])c1cc(C)c2c(c1)oc1c(-c3cc(-c4cc(C([2H])([2H])[2H])c(C5([2H])CCC(C)(C)CC5)cc4C)c(C([2H])([2H])[2H])cn3)cccc12. The highest BCUT2D eigenvalue weighted by Crippen LogP contribution is 2.45. The van der Waals surface area contributed by atoms with Gasteiger partial charge in [0.2, 0.25) is 0 Å². The van der Waals surface area contributed by atoms with E-state index in [2.05, 4.69) is 18.8 Å². The van der Waals surface area contributed by atoms with E-state index in [-0.39, 0.29) is 22.1 Å². The second-order valence-corrected chi connectivity index (χ2v) is 11.5. The molecule has 2 nitrogen and oxygen atoms in total. The van der Waals surface area contributed by atoms with Gasteiger partial charge in [0, 0.05) is 36.2 Å². The molecule has 194 valence electrons. The Morgan fingerprint density at radius 3 is 2.42 bits per heavy atom. The lowest BCUT2D eigenvalue weighted by atomic mass is 9.70. The molecule has 0 radical (unpaired) electrons. The van der Waals surface area contributed by atoms with E-state index in [0.717, 1.165) is 29.2 Å². The molecule has 0 bridgehead atoms. The van der Waals surface area contributed by atoms with Gasteiger partial charge in [0.15, 0.2) is 0 Å². The number of hydrogen-bond donors (Lipinski definition) is 0. The summed E-state index contributed by atoms with van der Waals surface area (Å²) in [5.74, 6) is -1.06. The molecule has 0 N–H and O–H groups in total. The molecule has 5 aromatic rings. The average Bonchev–Trinajstić information content (AvgIpc) is 3.36. The molecule has 38 heavy (non-hydrogen) atoms. The van der Waals surface area contributed by atoms with Gasteiger partial charge in [-0.1, -0.05) is 44.2 Å². The molecular formula is C36H39NO. The topological polar surface area (TPSA) is 26.0 Å². The van der Waals surface area contributed by atoms with Crippen molar-refractivity contribution >= 4 is 21.9 Å². The lowest BCUT2D eigenvalue weighted by Crippen LogP contribution is -2.20. The Morgan fingerprint density at radius 2 is 1.66 bits per heavy atom. The summed E-state index contributed by atoms with van der Waals surface area (Å²) in [5.41, 5.74) is 4.88. The van der Waals surface area contributed by atoms with Gasteiger partial charge >= 0.3 is 0 Å². The highest BCUT2D eigenvalue weighted by molar-refractivity contribution is 6.11. The number of nitrogens with zero attached hydrogens (tertiary/aromatic N) is 1. The van der Waals surface area contributed by atoms with Crippen LogP contribution in [0.5, 0.6) is 0 Å². The van der Waals surface area contributed by atoms with E-state index in [9.17, 15) is 1.37 Å². The molecule has 1 fully saturated rings. The second kappa shape index (κ2) is 9.12. The Hall–Kier alpha value is -3.39. The van der Waals surface area contributed by atoms with Crippen LogP contribution in [0.3, 0.4) is 0 Å². The van der Waals surface area contributed by atoms with Crippen molar-refractivity contribution in [1.82, 2.24) is 4.98 Å². The van der Waals surface area contributed by atoms with Gasteiger partial charge in [-0.15, -0.1) is 0 Å². The van der Waals surface area contributed by atoms with Crippen LogP contribution < -0.4 is 0 Å². The smallest absolute Gasteiger partial charge is 0.144 e. The molecule has 2 aromatic heterocycles. The molecule has 1 aliphatic carbocycles. The van der Waals surface area contributed by atoms with E-state index in [0.29, 0.717) is 57.5 Å². The number of hydrogen-bond acceptors (Lipinski definition) is 2. The molecule has 2 heteroatoms. The van der Waals surface area contributed by atoms with Gasteiger partial charge in [0.05, 0.1) is 5.69 Å². The lowest BCUT2D eigenvalue weighted by molar-refractivity contribution is 0.224. The fraction of sp³-hybridized carbons (Fsp3) is 0.361. The zero-order chi connectivity index (χ0) is 35.2. The van der Waals surface area contributed by atoms with Crippen molar-refractivity contribution in [3.05, 3.63) is 88.1 Å². The van der Waals surface area contributed by atoms with E-state index in [1.165, 1.54) is 12.3 Å². The molecule has 0 atom stereocenters. The molecule has 0 unspecified atom stereocenters. The summed E-state index contributed by atoms with van der Waals surface area (Å²) in [6.45, 7) is 0.620. The summed E-state index contributed by atoms with van der Waals surface area (Å²) >= 11 is 0. The molecule has 1 aliphatic rings. The largest absolute Gasteiger partial charge is 0.455 e. The fourth-order valence-corrected chi connectivity index (χ4v) is 5.95. The molecule has 0 saturated heterocycles. The van der Waals surface area contributed by atoms with Crippen LogP contribution in [0, 0.1) is 39.8 Å². The highest BCUT2D eigenvalue weighted by atomic mass is 16.3. The first-order chi connectivity index (χ1) is 22.1. The van der Waals surface area contributed by atoms with Crippen LogP contribution in [0.25, 0.3) is 44.3 Å². The molecular weight excluding hydrogens is 462 g/mol. The number of aromatic nitrogens is 1. The van der Waals surface area contributed by atoms with Crippen molar-refractivity contribution in [2.45, 2.75) is 79.8 Å². The standard InChI is InChI=1S/C36H39NO/c1-21-15-24(4)34-28-10-8-9-27(35(28)38-33(34)16-21)32-19-31(25(5)20-37-32)30-18-22(2)29(17-23(30)3)26-11-13-36(6,7)14-12-26/h8-10,15-20,26H,11-14H2,1-7H3/i1D3,2D3,5D3,26D. The first-order valence-corrected chi connectivity index (χ1v) is 13.2. The maximum absolute atomic E-state index is 9.41. The number of benzene rings is 3. The van der Waals surface area contributed by atoms with E-state index < -0.39 is 26.4 Å². The Labute approximate surface area is 241 Å². The monoisotopic (exact) mass is 511 g/mol. The molecule has 1 saturated carbocycles. The van der Waals surface area contributed by atoms with Gasteiger partial charge in [-0.05, 0) is 134 Å². The summed E-state index contributed by atoms with van der Waals surface area (Å²) in [5, 5.41) is 1.55. The lowest BCUT2D eigenvalue weighted by Gasteiger charge is -2.35. The zero-order valence-electron chi connectivity index (χ0n) is 32.4. The molecule has 2 heterocycles. The molecule has 3 aromatic carbocycles. The third-order valence-electron chi connectivity index (χ3n) is 8.22. The number of furan rings is 1. The molecule has 0 aliphatic heterocycles. The molecule has 0 spiro atoms. The van der Waals surface area contributed by atoms with Crippen LogP contribution in [0.4, 0.5) is 0 Å². The Morgan fingerprint density at radius 1 is 0.868 bits per heavy atom. The van der Waals surface area contributed by atoms with E-state index >= 15 is 0 Å². The predicted molar refractivity (Wildman–Crippen MR) is 161 cm³/mol. The van der Waals surface area contributed by atoms with Gasteiger partial charge in [0.1, 0.15) is 11.2 Å². The molecule has 0 amide bonds. The summed E-state index contributed by atoms with van der Waals surface area (Å²) in [6, 6.07) is 13.7. The van der Waals surface area contributed by atoms with Crippen LogP contribution in [0.15, 0.2) is 59.1 Å². The third-order valence-corrected chi connectivity index (χ3v) is 8.22.